The fourth-order valence-electron chi connectivity index (χ4n) is 3.09. The van der Waals surface area contributed by atoms with Crippen molar-refractivity contribution >= 4 is 17.5 Å². The van der Waals surface area contributed by atoms with Crippen LogP contribution < -0.4 is 16.0 Å². The number of amides is 2. The van der Waals surface area contributed by atoms with Gasteiger partial charge in [-0.05, 0) is 49.6 Å². The molecule has 1 atom stereocenters. The molecule has 1 saturated heterocycles. The number of nitrogens with one attached hydrogen (secondary N) is 3. The third kappa shape index (κ3) is 4.92. The fraction of sp³-hybridized carbons (Fsp3) is 0.421. The first-order valence-electron chi connectivity index (χ1n) is 9.02. The molecule has 3 N–H and O–H groups in total. The van der Waals surface area contributed by atoms with Crippen LogP contribution >= 0.6 is 0 Å². The first-order chi connectivity index (χ1) is 12.6. The number of carbonyl (C=O) groups excluding carboxylic acids is 2. The maximum absolute atomic E-state index is 12.3. The van der Waals surface area contributed by atoms with Gasteiger partial charge in [-0.25, -0.2) is 0 Å². The van der Waals surface area contributed by atoms with Crippen LogP contribution in [0.4, 0.5) is 5.69 Å². The van der Waals surface area contributed by atoms with Gasteiger partial charge in [0.05, 0.1) is 6.04 Å². The molecule has 0 aliphatic carbocycles. The molecule has 2 aromatic rings. The highest BCUT2D eigenvalue weighted by molar-refractivity contribution is 5.92. The van der Waals surface area contributed by atoms with Gasteiger partial charge in [0.1, 0.15) is 5.69 Å². The van der Waals surface area contributed by atoms with E-state index in [0.717, 1.165) is 43.6 Å². The lowest BCUT2D eigenvalue weighted by Crippen LogP contribution is -2.32. The van der Waals surface area contributed by atoms with Crippen LogP contribution in [0, 0.1) is 0 Å². The minimum atomic E-state index is -0.151. The van der Waals surface area contributed by atoms with Gasteiger partial charge in [0, 0.05) is 31.9 Å². The Morgan fingerprint density at radius 3 is 2.77 bits per heavy atom. The van der Waals surface area contributed by atoms with E-state index in [9.17, 15) is 9.59 Å². The van der Waals surface area contributed by atoms with Crippen molar-refractivity contribution in [1.82, 2.24) is 20.4 Å². The van der Waals surface area contributed by atoms with Gasteiger partial charge in [0.2, 0.25) is 5.91 Å². The summed E-state index contributed by atoms with van der Waals surface area (Å²) in [5.41, 5.74) is 2.32. The number of carbonyl (C=O) groups is 2. The molecule has 1 unspecified atom stereocenters. The zero-order valence-corrected chi connectivity index (χ0v) is 15.0. The van der Waals surface area contributed by atoms with Crippen LogP contribution in [-0.4, -0.2) is 41.2 Å². The molecular formula is C19H25N5O2. The van der Waals surface area contributed by atoms with E-state index in [1.165, 1.54) is 6.92 Å². The number of hydrogen-bond acceptors (Lipinski definition) is 4. The number of anilines is 1. The fourth-order valence-corrected chi connectivity index (χ4v) is 3.09. The smallest absolute Gasteiger partial charge is 0.271 e. The SMILES string of the molecule is CC(=O)Nc1ccc(CCNC(=O)c2ccn(C3CCCNC3)n2)cc1. The van der Waals surface area contributed by atoms with Crippen LogP contribution in [0.25, 0.3) is 0 Å². The minimum absolute atomic E-state index is 0.0894. The highest BCUT2D eigenvalue weighted by atomic mass is 16.2. The number of nitrogens with zero attached hydrogens (tertiary/aromatic N) is 2. The average Bonchev–Trinajstić information content (AvgIpc) is 3.14. The van der Waals surface area contributed by atoms with E-state index in [4.69, 9.17) is 0 Å². The highest BCUT2D eigenvalue weighted by Crippen LogP contribution is 2.15. The van der Waals surface area contributed by atoms with E-state index in [-0.39, 0.29) is 11.8 Å². The number of benzene rings is 1. The number of piperidine rings is 1. The van der Waals surface area contributed by atoms with E-state index in [2.05, 4.69) is 21.0 Å². The zero-order chi connectivity index (χ0) is 18.4. The van der Waals surface area contributed by atoms with Gasteiger partial charge in [0.15, 0.2) is 0 Å². The first-order valence-corrected chi connectivity index (χ1v) is 9.02. The van der Waals surface area contributed by atoms with Crippen LogP contribution in [0.5, 0.6) is 0 Å². The molecule has 138 valence electrons. The number of hydrogen-bond donors (Lipinski definition) is 3. The summed E-state index contributed by atoms with van der Waals surface area (Å²) in [5.74, 6) is -0.240. The van der Waals surface area contributed by atoms with E-state index in [1.54, 1.807) is 6.07 Å². The molecule has 1 aromatic carbocycles. The van der Waals surface area contributed by atoms with Gasteiger partial charge < -0.3 is 16.0 Å². The monoisotopic (exact) mass is 355 g/mol. The summed E-state index contributed by atoms with van der Waals surface area (Å²) in [4.78, 5) is 23.3. The lowest BCUT2D eigenvalue weighted by atomic mass is 10.1. The first kappa shape index (κ1) is 18.1. The summed E-state index contributed by atoms with van der Waals surface area (Å²) in [7, 11) is 0. The summed E-state index contributed by atoms with van der Waals surface area (Å²) in [6, 6.07) is 9.71. The van der Waals surface area contributed by atoms with Crippen LogP contribution in [0.2, 0.25) is 0 Å². The maximum Gasteiger partial charge on any atom is 0.271 e. The molecule has 1 aromatic heterocycles. The Bertz CT molecular complexity index is 748. The van der Waals surface area contributed by atoms with Gasteiger partial charge in [-0.1, -0.05) is 12.1 Å². The van der Waals surface area contributed by atoms with E-state index in [0.29, 0.717) is 18.3 Å². The predicted octanol–water partition coefficient (Wildman–Crippen LogP) is 1.74. The highest BCUT2D eigenvalue weighted by Gasteiger charge is 2.17. The molecule has 26 heavy (non-hydrogen) atoms. The Morgan fingerprint density at radius 2 is 2.08 bits per heavy atom. The van der Waals surface area contributed by atoms with Crippen LogP contribution in [-0.2, 0) is 11.2 Å². The quantitative estimate of drug-likeness (QED) is 0.736. The van der Waals surface area contributed by atoms with E-state index >= 15 is 0 Å². The Balaban J connectivity index is 1.46. The number of aromatic nitrogens is 2. The largest absolute Gasteiger partial charge is 0.350 e. The second-order valence-corrected chi connectivity index (χ2v) is 6.57. The maximum atomic E-state index is 12.3. The summed E-state index contributed by atoms with van der Waals surface area (Å²) in [5, 5.41) is 13.4. The number of rotatable bonds is 6. The predicted molar refractivity (Wildman–Crippen MR) is 100 cm³/mol. The Labute approximate surface area is 153 Å². The van der Waals surface area contributed by atoms with Crippen molar-refractivity contribution in [2.75, 3.05) is 25.0 Å². The molecule has 1 aliphatic heterocycles. The molecule has 0 bridgehead atoms. The average molecular weight is 355 g/mol. The van der Waals surface area contributed by atoms with Crippen molar-refractivity contribution in [3.63, 3.8) is 0 Å². The molecule has 1 fully saturated rings. The molecule has 3 rings (SSSR count). The zero-order valence-electron chi connectivity index (χ0n) is 15.0. The molecule has 1 aliphatic rings. The standard InChI is InChI=1S/C19H25N5O2/c1-14(25)22-16-6-4-15(5-7-16)8-11-21-19(26)18-9-12-24(23-18)17-3-2-10-20-13-17/h4-7,9,12,17,20H,2-3,8,10-11,13H2,1H3,(H,21,26)(H,22,25). The third-order valence-electron chi connectivity index (χ3n) is 4.46. The van der Waals surface area contributed by atoms with Crippen LogP contribution in [0.15, 0.2) is 36.5 Å². The van der Waals surface area contributed by atoms with Crippen molar-refractivity contribution in [3.8, 4) is 0 Å². The second kappa shape index (κ2) is 8.62. The van der Waals surface area contributed by atoms with Gasteiger partial charge in [0.25, 0.3) is 5.91 Å². The molecule has 2 amide bonds. The van der Waals surface area contributed by atoms with Gasteiger partial charge in [-0.2, -0.15) is 5.10 Å². The van der Waals surface area contributed by atoms with Crippen molar-refractivity contribution in [3.05, 3.63) is 47.8 Å². The Kier molecular flexibility index (Phi) is 6.01. The van der Waals surface area contributed by atoms with Gasteiger partial charge in [-0.3, -0.25) is 14.3 Å². The normalized spacial score (nSPS) is 16.9. The molecule has 0 saturated carbocycles. The molecule has 7 heteroatoms. The molecule has 0 spiro atoms. The molecular weight excluding hydrogens is 330 g/mol. The minimum Gasteiger partial charge on any atom is -0.350 e. The topological polar surface area (TPSA) is 88.0 Å². The summed E-state index contributed by atoms with van der Waals surface area (Å²) >= 11 is 0. The van der Waals surface area contributed by atoms with Crippen molar-refractivity contribution in [1.29, 1.82) is 0 Å². The third-order valence-corrected chi connectivity index (χ3v) is 4.46. The van der Waals surface area contributed by atoms with Crippen LogP contribution in [0.1, 0.15) is 41.9 Å². The Morgan fingerprint density at radius 1 is 1.27 bits per heavy atom. The lowest BCUT2D eigenvalue weighted by Gasteiger charge is -2.22. The van der Waals surface area contributed by atoms with Gasteiger partial charge in [-0.15, -0.1) is 0 Å². The molecule has 2 heterocycles. The van der Waals surface area contributed by atoms with Crippen molar-refractivity contribution < 1.29 is 9.59 Å². The molecule has 7 nitrogen and oxygen atoms in total. The molecule has 0 radical (unpaired) electrons. The van der Waals surface area contributed by atoms with E-state index in [1.807, 2.05) is 35.1 Å². The summed E-state index contributed by atoms with van der Waals surface area (Å²) in [6.45, 7) is 3.97. The second-order valence-electron chi connectivity index (χ2n) is 6.57. The summed E-state index contributed by atoms with van der Waals surface area (Å²) in [6.07, 6.45) is 4.82. The van der Waals surface area contributed by atoms with E-state index < -0.39 is 0 Å². The lowest BCUT2D eigenvalue weighted by molar-refractivity contribution is -0.114. The summed E-state index contributed by atoms with van der Waals surface area (Å²) < 4.78 is 1.89. The van der Waals surface area contributed by atoms with Crippen molar-refractivity contribution in [2.24, 2.45) is 0 Å². The van der Waals surface area contributed by atoms with Gasteiger partial charge >= 0.3 is 0 Å². The van der Waals surface area contributed by atoms with Crippen molar-refractivity contribution in [2.45, 2.75) is 32.2 Å². The Hall–Kier alpha value is -2.67. The van der Waals surface area contributed by atoms with Crippen LogP contribution in [0.3, 0.4) is 0 Å².